The second-order valence-corrected chi connectivity index (χ2v) is 3.65. The molecule has 0 bridgehead atoms. The number of aromatic nitrogens is 3. The van der Waals surface area contributed by atoms with Crippen LogP contribution in [0.3, 0.4) is 0 Å². The van der Waals surface area contributed by atoms with Gasteiger partial charge in [0.2, 0.25) is 0 Å². The van der Waals surface area contributed by atoms with Gasteiger partial charge >= 0.3 is 0 Å². The van der Waals surface area contributed by atoms with Crippen LogP contribution in [0.15, 0.2) is 24.5 Å². The molecule has 0 atom stereocenters. The first-order valence-electron chi connectivity index (χ1n) is 4.88. The normalized spacial score (nSPS) is 10.2. The van der Waals surface area contributed by atoms with Gasteiger partial charge in [0, 0.05) is 24.5 Å². The first kappa shape index (κ1) is 10.0. The zero-order valence-corrected chi connectivity index (χ0v) is 9.29. The number of nitrogens with zero attached hydrogens (tertiary/aromatic N) is 3. The van der Waals surface area contributed by atoms with E-state index in [0.717, 1.165) is 30.0 Å². The molecule has 0 saturated carbocycles. The van der Waals surface area contributed by atoms with Crippen LogP contribution >= 0.6 is 11.7 Å². The maximum atomic E-state index is 4.28. The maximum absolute atomic E-state index is 4.28. The summed E-state index contributed by atoms with van der Waals surface area (Å²) in [5.41, 5.74) is 1.97. The molecule has 0 unspecified atom stereocenters. The van der Waals surface area contributed by atoms with E-state index < -0.39 is 0 Å². The molecule has 0 aliphatic carbocycles. The van der Waals surface area contributed by atoms with Gasteiger partial charge in [0.05, 0.1) is 11.7 Å². The lowest BCUT2D eigenvalue weighted by Gasteiger charge is -2.02. The number of nitrogens with one attached hydrogen (secondary N) is 1. The molecule has 0 aliphatic rings. The summed E-state index contributed by atoms with van der Waals surface area (Å²) in [6.07, 6.45) is 4.60. The lowest BCUT2D eigenvalue weighted by molar-refractivity contribution is 0.974. The molecule has 2 rings (SSSR count). The predicted octanol–water partition coefficient (Wildman–Crippen LogP) is 2.42. The third-order valence-electron chi connectivity index (χ3n) is 1.98. The van der Waals surface area contributed by atoms with Crippen molar-refractivity contribution in [2.24, 2.45) is 0 Å². The summed E-state index contributed by atoms with van der Waals surface area (Å²) in [4.78, 5) is 3.98. The summed E-state index contributed by atoms with van der Waals surface area (Å²) in [7, 11) is 0. The molecule has 2 heterocycles. The van der Waals surface area contributed by atoms with Crippen LogP contribution in [0.4, 0.5) is 5.82 Å². The Morgan fingerprint density at radius 2 is 2.07 bits per heavy atom. The summed E-state index contributed by atoms with van der Waals surface area (Å²) < 4.78 is 8.51. The zero-order chi connectivity index (χ0) is 10.5. The third kappa shape index (κ3) is 2.30. The lowest BCUT2D eigenvalue weighted by atomic mass is 10.2. The van der Waals surface area contributed by atoms with E-state index in [1.165, 1.54) is 11.7 Å². The van der Waals surface area contributed by atoms with Gasteiger partial charge in [-0.2, -0.15) is 8.75 Å². The van der Waals surface area contributed by atoms with E-state index in [1.807, 2.05) is 12.1 Å². The molecule has 15 heavy (non-hydrogen) atoms. The van der Waals surface area contributed by atoms with Crippen molar-refractivity contribution in [2.45, 2.75) is 13.3 Å². The van der Waals surface area contributed by atoms with Crippen LogP contribution in [0.5, 0.6) is 0 Å². The number of hydrogen-bond donors (Lipinski definition) is 1. The monoisotopic (exact) mass is 220 g/mol. The molecule has 2 aromatic rings. The van der Waals surface area contributed by atoms with Gasteiger partial charge in [0.25, 0.3) is 0 Å². The Bertz CT molecular complexity index is 412. The van der Waals surface area contributed by atoms with Crippen molar-refractivity contribution in [2.75, 3.05) is 11.9 Å². The molecule has 0 fully saturated rings. The van der Waals surface area contributed by atoms with Crippen molar-refractivity contribution in [3.63, 3.8) is 0 Å². The summed E-state index contributed by atoms with van der Waals surface area (Å²) in [5, 5.41) is 3.26. The molecule has 0 spiro atoms. The van der Waals surface area contributed by atoms with Crippen LogP contribution in [0.1, 0.15) is 13.3 Å². The third-order valence-corrected chi connectivity index (χ3v) is 2.51. The van der Waals surface area contributed by atoms with Crippen molar-refractivity contribution in [3.05, 3.63) is 24.5 Å². The van der Waals surface area contributed by atoms with Crippen LogP contribution in [-0.4, -0.2) is 20.3 Å². The average Bonchev–Trinajstić information content (AvgIpc) is 2.75. The van der Waals surface area contributed by atoms with Gasteiger partial charge in [0.1, 0.15) is 5.69 Å². The molecule has 4 nitrogen and oxygen atoms in total. The topological polar surface area (TPSA) is 50.7 Å². The summed E-state index contributed by atoms with van der Waals surface area (Å²) in [6.45, 7) is 3.04. The smallest absolute Gasteiger partial charge is 0.168 e. The van der Waals surface area contributed by atoms with E-state index in [0.29, 0.717) is 0 Å². The highest BCUT2D eigenvalue weighted by Crippen LogP contribution is 2.24. The highest BCUT2D eigenvalue weighted by atomic mass is 32.1. The van der Waals surface area contributed by atoms with E-state index in [4.69, 9.17) is 0 Å². The number of anilines is 1. The number of hydrogen-bond acceptors (Lipinski definition) is 5. The maximum Gasteiger partial charge on any atom is 0.168 e. The Morgan fingerprint density at radius 3 is 2.80 bits per heavy atom. The Kier molecular flexibility index (Phi) is 3.24. The van der Waals surface area contributed by atoms with Crippen LogP contribution in [0.25, 0.3) is 11.3 Å². The Balaban J connectivity index is 2.25. The van der Waals surface area contributed by atoms with Crippen molar-refractivity contribution < 1.29 is 0 Å². The fraction of sp³-hybridized carbons (Fsp3) is 0.300. The summed E-state index contributed by atoms with van der Waals surface area (Å²) in [6, 6.07) is 3.88. The van der Waals surface area contributed by atoms with Crippen molar-refractivity contribution in [1.29, 1.82) is 0 Å². The van der Waals surface area contributed by atoms with Gasteiger partial charge in [-0.3, -0.25) is 4.98 Å². The van der Waals surface area contributed by atoms with Crippen LogP contribution in [-0.2, 0) is 0 Å². The van der Waals surface area contributed by atoms with Gasteiger partial charge < -0.3 is 5.32 Å². The number of pyridine rings is 1. The summed E-state index contributed by atoms with van der Waals surface area (Å²) in [5.74, 6) is 0.869. The minimum Gasteiger partial charge on any atom is -0.367 e. The van der Waals surface area contributed by atoms with Crippen molar-refractivity contribution >= 4 is 17.5 Å². The second kappa shape index (κ2) is 4.84. The van der Waals surface area contributed by atoms with Gasteiger partial charge in [-0.25, -0.2) is 0 Å². The second-order valence-electron chi connectivity index (χ2n) is 3.12. The first-order chi connectivity index (χ1) is 7.42. The SMILES string of the molecule is CCCNc1nsnc1-c1ccncc1. The summed E-state index contributed by atoms with van der Waals surface area (Å²) >= 11 is 1.23. The van der Waals surface area contributed by atoms with Gasteiger partial charge in [-0.1, -0.05) is 6.92 Å². The first-order valence-corrected chi connectivity index (χ1v) is 5.61. The van der Waals surface area contributed by atoms with Crippen molar-refractivity contribution in [1.82, 2.24) is 13.7 Å². The quantitative estimate of drug-likeness (QED) is 0.859. The Hall–Kier alpha value is -1.49. The van der Waals surface area contributed by atoms with Crippen LogP contribution in [0, 0.1) is 0 Å². The molecular formula is C10H12N4S. The van der Waals surface area contributed by atoms with Crippen LogP contribution < -0.4 is 5.32 Å². The molecule has 5 heteroatoms. The standard InChI is InChI=1S/C10H12N4S/c1-2-5-12-10-9(13-15-14-10)8-3-6-11-7-4-8/h3-4,6-7H,2,5H2,1H3,(H,12,14). The molecule has 1 N–H and O–H groups in total. The van der Waals surface area contributed by atoms with E-state index in [9.17, 15) is 0 Å². The van der Waals surface area contributed by atoms with Crippen LogP contribution in [0.2, 0.25) is 0 Å². The van der Waals surface area contributed by atoms with E-state index in [2.05, 4.69) is 26.0 Å². The minimum atomic E-state index is 0.869. The molecule has 0 radical (unpaired) electrons. The van der Waals surface area contributed by atoms with E-state index in [-0.39, 0.29) is 0 Å². The largest absolute Gasteiger partial charge is 0.367 e. The lowest BCUT2D eigenvalue weighted by Crippen LogP contribution is -2.01. The highest BCUT2D eigenvalue weighted by molar-refractivity contribution is 6.99. The molecule has 0 saturated heterocycles. The fourth-order valence-electron chi connectivity index (χ4n) is 1.25. The Labute approximate surface area is 92.7 Å². The highest BCUT2D eigenvalue weighted by Gasteiger charge is 2.08. The predicted molar refractivity (Wildman–Crippen MR) is 61.9 cm³/mol. The molecule has 78 valence electrons. The fourth-order valence-corrected chi connectivity index (χ4v) is 1.79. The van der Waals surface area contributed by atoms with Gasteiger partial charge in [-0.15, -0.1) is 0 Å². The molecule has 2 aromatic heterocycles. The minimum absolute atomic E-state index is 0.869. The molecular weight excluding hydrogens is 208 g/mol. The van der Waals surface area contributed by atoms with E-state index in [1.54, 1.807) is 12.4 Å². The zero-order valence-electron chi connectivity index (χ0n) is 8.47. The van der Waals surface area contributed by atoms with Gasteiger partial charge in [0.15, 0.2) is 5.82 Å². The Morgan fingerprint density at radius 1 is 1.27 bits per heavy atom. The molecule has 0 aliphatic heterocycles. The molecule has 0 amide bonds. The van der Waals surface area contributed by atoms with E-state index >= 15 is 0 Å². The average molecular weight is 220 g/mol. The van der Waals surface area contributed by atoms with Crippen molar-refractivity contribution in [3.8, 4) is 11.3 Å². The van der Waals surface area contributed by atoms with Gasteiger partial charge in [-0.05, 0) is 18.6 Å². The molecule has 0 aromatic carbocycles. The number of rotatable bonds is 4.